The molecule has 0 bridgehead atoms. The summed E-state index contributed by atoms with van der Waals surface area (Å²) in [6.07, 6.45) is 6.43. The fourth-order valence-corrected chi connectivity index (χ4v) is 2.74. The predicted molar refractivity (Wildman–Crippen MR) is 79.5 cm³/mol. The van der Waals surface area contributed by atoms with Crippen LogP contribution in [0.4, 0.5) is 14.5 Å². The first-order valence-corrected chi connectivity index (χ1v) is 7.65. The molecule has 2 rings (SSSR count). The molecule has 0 aromatic heterocycles. The number of hydrogen-bond donors (Lipinski definition) is 2. The molecule has 2 N–H and O–H groups in total. The van der Waals surface area contributed by atoms with Crippen LogP contribution in [0.5, 0.6) is 0 Å². The Kier molecular flexibility index (Phi) is 5.53. The van der Waals surface area contributed by atoms with E-state index in [1.165, 1.54) is 12.8 Å². The molecule has 0 unspecified atom stereocenters. The van der Waals surface area contributed by atoms with Crippen LogP contribution in [0.15, 0.2) is 12.1 Å². The Morgan fingerprint density at radius 1 is 1.14 bits per heavy atom. The first-order valence-electron chi connectivity index (χ1n) is 7.65. The molecule has 116 valence electrons. The summed E-state index contributed by atoms with van der Waals surface area (Å²) in [6, 6.07) is 2.29. The van der Waals surface area contributed by atoms with Crippen LogP contribution in [0.3, 0.4) is 0 Å². The molecular weight excluding hydrogens is 274 g/mol. The van der Waals surface area contributed by atoms with Crippen LogP contribution in [0, 0.1) is 11.6 Å². The van der Waals surface area contributed by atoms with Gasteiger partial charge >= 0.3 is 0 Å². The van der Waals surface area contributed by atoms with E-state index in [2.05, 4.69) is 10.6 Å². The van der Waals surface area contributed by atoms with Crippen LogP contribution < -0.4 is 10.6 Å². The van der Waals surface area contributed by atoms with E-state index in [9.17, 15) is 13.6 Å². The number of nitrogens with one attached hydrogen (secondary N) is 2. The second kappa shape index (κ2) is 7.38. The number of rotatable bonds is 4. The van der Waals surface area contributed by atoms with E-state index in [0.29, 0.717) is 6.54 Å². The first kappa shape index (κ1) is 15.7. The fraction of sp³-hybridized carbons (Fsp3) is 0.562. The lowest BCUT2D eigenvalue weighted by molar-refractivity contribution is 0.0932. The van der Waals surface area contributed by atoms with E-state index < -0.39 is 17.5 Å². The van der Waals surface area contributed by atoms with Crippen molar-refractivity contribution in [3.8, 4) is 0 Å². The number of hydrogen-bond acceptors (Lipinski definition) is 2. The van der Waals surface area contributed by atoms with Gasteiger partial charge in [0.25, 0.3) is 5.91 Å². The van der Waals surface area contributed by atoms with Gasteiger partial charge in [0, 0.05) is 18.2 Å². The van der Waals surface area contributed by atoms with Crippen LogP contribution >= 0.6 is 0 Å². The summed E-state index contributed by atoms with van der Waals surface area (Å²) >= 11 is 0. The summed E-state index contributed by atoms with van der Waals surface area (Å²) < 4.78 is 27.6. The highest BCUT2D eigenvalue weighted by molar-refractivity contribution is 5.94. The molecule has 5 heteroatoms. The standard InChI is InChI=1S/C16H22F2N2O/c1-2-19-15-13(17)9-11(10-14(15)18)16(21)20-12-7-5-3-4-6-8-12/h9-10,12,19H,2-8H2,1H3,(H,20,21). The molecule has 1 saturated carbocycles. The van der Waals surface area contributed by atoms with Crippen LogP contribution in [0.2, 0.25) is 0 Å². The van der Waals surface area contributed by atoms with Crippen molar-refractivity contribution in [1.82, 2.24) is 5.32 Å². The van der Waals surface area contributed by atoms with Gasteiger partial charge in [-0.3, -0.25) is 4.79 Å². The van der Waals surface area contributed by atoms with E-state index >= 15 is 0 Å². The first-order chi connectivity index (χ1) is 10.1. The second-order valence-electron chi connectivity index (χ2n) is 5.51. The Labute approximate surface area is 124 Å². The van der Waals surface area contributed by atoms with Gasteiger partial charge in [-0.2, -0.15) is 0 Å². The van der Waals surface area contributed by atoms with Gasteiger partial charge in [-0.05, 0) is 31.9 Å². The van der Waals surface area contributed by atoms with Crippen molar-refractivity contribution in [2.45, 2.75) is 51.5 Å². The molecule has 1 aromatic carbocycles. The molecule has 21 heavy (non-hydrogen) atoms. The molecular formula is C16H22F2N2O. The number of anilines is 1. The minimum Gasteiger partial charge on any atom is -0.381 e. The van der Waals surface area contributed by atoms with E-state index in [1.807, 2.05) is 0 Å². The van der Waals surface area contributed by atoms with Gasteiger partial charge in [-0.15, -0.1) is 0 Å². The number of carbonyl (C=O) groups is 1. The monoisotopic (exact) mass is 296 g/mol. The third kappa shape index (κ3) is 4.16. The van der Waals surface area contributed by atoms with Gasteiger partial charge in [-0.25, -0.2) is 8.78 Å². The van der Waals surface area contributed by atoms with Gasteiger partial charge in [0.2, 0.25) is 0 Å². The fourth-order valence-electron chi connectivity index (χ4n) is 2.74. The molecule has 1 aromatic rings. The van der Waals surface area contributed by atoms with E-state index in [1.54, 1.807) is 6.92 Å². The Bertz CT molecular complexity index is 474. The molecule has 0 saturated heterocycles. The maximum absolute atomic E-state index is 13.8. The van der Waals surface area contributed by atoms with Gasteiger partial charge in [-0.1, -0.05) is 25.7 Å². The molecule has 1 fully saturated rings. The van der Waals surface area contributed by atoms with Gasteiger partial charge in [0.15, 0.2) is 0 Å². The van der Waals surface area contributed by atoms with Crippen LogP contribution in [-0.4, -0.2) is 18.5 Å². The lowest BCUT2D eigenvalue weighted by Crippen LogP contribution is -2.34. The highest BCUT2D eigenvalue weighted by Gasteiger charge is 2.18. The molecule has 0 aliphatic heterocycles. The highest BCUT2D eigenvalue weighted by atomic mass is 19.1. The summed E-state index contributed by atoms with van der Waals surface area (Å²) in [5, 5.41) is 5.51. The topological polar surface area (TPSA) is 41.1 Å². The Balaban J connectivity index is 2.08. The van der Waals surface area contributed by atoms with Gasteiger partial charge in [0.1, 0.15) is 17.3 Å². The molecule has 1 aliphatic rings. The zero-order valence-corrected chi connectivity index (χ0v) is 12.3. The number of carbonyl (C=O) groups excluding carboxylic acids is 1. The summed E-state index contributed by atoms with van der Waals surface area (Å²) in [5.41, 5.74) is -0.139. The van der Waals surface area contributed by atoms with Crippen molar-refractivity contribution in [3.05, 3.63) is 29.3 Å². The average Bonchev–Trinajstić information content (AvgIpc) is 2.71. The van der Waals surface area contributed by atoms with Gasteiger partial charge < -0.3 is 10.6 Å². The predicted octanol–water partition coefficient (Wildman–Crippen LogP) is 3.85. The maximum atomic E-state index is 13.8. The van der Waals surface area contributed by atoms with Crippen molar-refractivity contribution in [2.24, 2.45) is 0 Å². The number of halogens is 2. The molecule has 1 aliphatic carbocycles. The molecule has 3 nitrogen and oxygen atoms in total. The summed E-state index contributed by atoms with van der Waals surface area (Å²) in [5.74, 6) is -1.87. The second-order valence-corrected chi connectivity index (χ2v) is 5.51. The quantitative estimate of drug-likeness (QED) is 0.829. The third-order valence-electron chi connectivity index (χ3n) is 3.85. The number of amides is 1. The highest BCUT2D eigenvalue weighted by Crippen LogP contribution is 2.22. The van der Waals surface area contributed by atoms with E-state index in [0.717, 1.165) is 37.8 Å². The van der Waals surface area contributed by atoms with Crippen molar-refractivity contribution in [1.29, 1.82) is 0 Å². The van der Waals surface area contributed by atoms with Crippen LogP contribution in [0.1, 0.15) is 55.8 Å². The molecule has 1 amide bonds. The van der Waals surface area contributed by atoms with E-state index in [-0.39, 0.29) is 17.3 Å². The largest absolute Gasteiger partial charge is 0.381 e. The van der Waals surface area contributed by atoms with Crippen molar-refractivity contribution in [2.75, 3.05) is 11.9 Å². The molecule has 0 heterocycles. The summed E-state index contributed by atoms with van der Waals surface area (Å²) in [6.45, 7) is 2.17. The summed E-state index contributed by atoms with van der Waals surface area (Å²) in [7, 11) is 0. The Morgan fingerprint density at radius 3 is 2.24 bits per heavy atom. The average molecular weight is 296 g/mol. The number of benzene rings is 1. The zero-order chi connectivity index (χ0) is 15.2. The molecule has 0 atom stereocenters. The summed E-state index contributed by atoms with van der Waals surface area (Å²) in [4.78, 5) is 12.1. The van der Waals surface area contributed by atoms with E-state index in [4.69, 9.17) is 0 Å². The third-order valence-corrected chi connectivity index (χ3v) is 3.85. The normalized spacial score (nSPS) is 16.3. The van der Waals surface area contributed by atoms with Crippen molar-refractivity contribution >= 4 is 11.6 Å². The van der Waals surface area contributed by atoms with Crippen molar-refractivity contribution < 1.29 is 13.6 Å². The molecule has 0 radical (unpaired) electrons. The van der Waals surface area contributed by atoms with Gasteiger partial charge in [0.05, 0.1) is 0 Å². The lowest BCUT2D eigenvalue weighted by atomic mass is 10.1. The van der Waals surface area contributed by atoms with Crippen molar-refractivity contribution in [3.63, 3.8) is 0 Å². The Hall–Kier alpha value is -1.65. The minimum absolute atomic E-state index is 0.0379. The van der Waals surface area contributed by atoms with Crippen LogP contribution in [0.25, 0.3) is 0 Å². The molecule has 0 spiro atoms. The minimum atomic E-state index is -0.733. The maximum Gasteiger partial charge on any atom is 0.251 e. The zero-order valence-electron chi connectivity index (χ0n) is 12.3. The lowest BCUT2D eigenvalue weighted by Gasteiger charge is -2.16. The van der Waals surface area contributed by atoms with Crippen LogP contribution in [-0.2, 0) is 0 Å². The SMILES string of the molecule is CCNc1c(F)cc(C(=O)NC2CCCCCC2)cc1F. The smallest absolute Gasteiger partial charge is 0.251 e. The Morgan fingerprint density at radius 2 is 1.71 bits per heavy atom.